The van der Waals surface area contributed by atoms with Crippen molar-refractivity contribution in [3.05, 3.63) is 12.2 Å². The van der Waals surface area contributed by atoms with Crippen molar-refractivity contribution >= 4 is 34.8 Å². The molecule has 0 atom stereocenters. The van der Waals surface area contributed by atoms with E-state index in [-0.39, 0.29) is 74.1 Å². The molecule has 0 saturated carbocycles. The molecule has 0 rings (SSSR count). The number of unbranched alkanes of at least 4 members (excludes halogenated alkanes) is 3. The van der Waals surface area contributed by atoms with E-state index in [0.29, 0.717) is 0 Å². The Labute approximate surface area is 155 Å². The molecule has 0 radical (unpaired) electrons. The molecule has 0 bridgehead atoms. The molecule has 100 valence electrons. The van der Waals surface area contributed by atoms with Crippen molar-refractivity contribution in [1.29, 1.82) is 0 Å². The summed E-state index contributed by atoms with van der Waals surface area (Å²) in [7, 11) is 0. The molecule has 0 aliphatic heterocycles. The van der Waals surface area contributed by atoms with Crippen LogP contribution in [0.1, 0.15) is 46.0 Å². The largest absolute Gasteiger partial charge is 2.00 e. The van der Waals surface area contributed by atoms with Gasteiger partial charge in [0.1, 0.15) is 0 Å². The maximum Gasteiger partial charge on any atom is 2.00 e. The van der Waals surface area contributed by atoms with Crippen LogP contribution in [0.25, 0.3) is 0 Å². The number of hydrogen-bond donors (Lipinski definition) is 0. The van der Waals surface area contributed by atoms with Gasteiger partial charge < -0.3 is 40.5 Å². The number of rotatable bonds is 5. The van der Waals surface area contributed by atoms with Crippen LogP contribution in [-0.4, -0.2) is 35.6 Å². The fraction of sp³-hybridized carbons (Fsp3) is 0.818. The molecule has 16 heavy (non-hydrogen) atoms. The first-order valence-electron chi connectivity index (χ1n) is 4.67. The Balaban J connectivity index is -0.0000000324. The fourth-order valence-electron chi connectivity index (χ4n) is 0.831. The van der Waals surface area contributed by atoms with Gasteiger partial charge in [0, 0.05) is 0 Å². The smallest absolute Gasteiger partial charge is 1.00 e. The summed E-state index contributed by atoms with van der Waals surface area (Å²) in [6, 6.07) is 0. The van der Waals surface area contributed by atoms with Gasteiger partial charge in [-0.15, -0.1) is 0 Å². The molecule has 0 aromatic rings. The first-order valence-corrected chi connectivity index (χ1v) is 6.30. The first kappa shape index (κ1) is 36.2. The van der Waals surface area contributed by atoms with Crippen molar-refractivity contribution in [2.75, 3.05) is 12.5 Å². The first-order chi connectivity index (χ1) is 5.68. The summed E-state index contributed by atoms with van der Waals surface area (Å²) in [5.41, 5.74) is 1.08. The van der Waals surface area contributed by atoms with E-state index in [0.717, 1.165) is 12.0 Å². The summed E-state index contributed by atoms with van der Waals surface area (Å²) >= 11 is 1.75. The van der Waals surface area contributed by atoms with E-state index in [2.05, 4.69) is 6.92 Å². The second kappa shape index (κ2) is 36.0. The van der Waals surface area contributed by atoms with E-state index in [4.69, 9.17) is 6.58 Å². The minimum Gasteiger partial charge on any atom is -1.00 e. The summed E-state index contributed by atoms with van der Waals surface area (Å²) in [5, 5.41) is 0. The normalized spacial score (nSPS) is 6.50. The third-order valence-corrected chi connectivity index (χ3v) is 1.42. The van der Waals surface area contributed by atoms with Crippen LogP contribution in [0.3, 0.4) is 0 Å². The Morgan fingerprint density at radius 3 is 1.69 bits per heavy atom. The maximum absolute atomic E-state index is 5.49. The molecular formula is C11H23Br2CuMgS. The van der Waals surface area contributed by atoms with Crippen molar-refractivity contribution in [3.63, 3.8) is 0 Å². The fourth-order valence-corrected chi connectivity index (χ4v) is 0.831. The van der Waals surface area contributed by atoms with Gasteiger partial charge in [-0.1, -0.05) is 46.0 Å². The van der Waals surface area contributed by atoms with Crippen LogP contribution in [0, 0.1) is 6.58 Å². The molecule has 0 amide bonds. The Hall–Kier alpha value is 2.34. The predicted molar refractivity (Wildman–Crippen MR) is 67.4 cm³/mol. The molecule has 0 aromatic heterocycles. The standard InChI is InChI=1S/C9H17.C2H6S.2BrH.Cu.Mg/c1-4-5-6-7-8-9(2)3;1-3-2;;;;/h2H,4-8H2,1,3H3;1-2H3;2*1H;;/q-1;;;;+1;+2/p-2. The molecular weight excluding hydrogens is 412 g/mol. The maximum atomic E-state index is 5.49. The number of thioether (sulfide) groups is 1. The van der Waals surface area contributed by atoms with Crippen LogP contribution in [0.2, 0.25) is 0 Å². The number of hydrogen-bond acceptors (Lipinski definition) is 1. The van der Waals surface area contributed by atoms with Crippen molar-refractivity contribution in [2.24, 2.45) is 0 Å². The summed E-state index contributed by atoms with van der Waals surface area (Å²) < 4.78 is 0. The van der Waals surface area contributed by atoms with Crippen LogP contribution < -0.4 is 34.0 Å². The van der Waals surface area contributed by atoms with Gasteiger partial charge in [-0.25, -0.2) is 0 Å². The van der Waals surface area contributed by atoms with Gasteiger partial charge in [-0.3, -0.25) is 5.57 Å². The SMILES string of the molecule is CSC.[Br-].[Br-].[CH-]=C(C)CCCCCC.[Cu+].[Mg+2]. The minimum absolute atomic E-state index is 0. The molecule has 0 N–H and O–H groups in total. The van der Waals surface area contributed by atoms with Gasteiger partial charge in [-0.05, 0) is 12.5 Å². The number of halogens is 2. The average Bonchev–Trinajstić information content (AvgIpc) is 1.99. The van der Waals surface area contributed by atoms with E-state index in [1.807, 2.05) is 19.4 Å². The van der Waals surface area contributed by atoms with E-state index in [9.17, 15) is 0 Å². The molecule has 0 fully saturated rings. The quantitative estimate of drug-likeness (QED) is 0.272. The summed E-state index contributed by atoms with van der Waals surface area (Å²) in [5.74, 6) is 0. The van der Waals surface area contributed by atoms with Crippen molar-refractivity contribution < 1.29 is 51.0 Å². The predicted octanol–water partition coefficient (Wildman–Crippen LogP) is -2.06. The third kappa shape index (κ3) is 55.3. The number of allylic oxidation sites excluding steroid dienone is 1. The molecule has 0 saturated heterocycles. The third-order valence-electron chi connectivity index (χ3n) is 1.42. The summed E-state index contributed by atoms with van der Waals surface area (Å²) in [4.78, 5) is 0. The average molecular weight is 435 g/mol. The zero-order chi connectivity index (χ0) is 9.82. The topological polar surface area (TPSA) is 0 Å². The van der Waals surface area contributed by atoms with Crippen molar-refractivity contribution in [2.45, 2.75) is 46.0 Å². The van der Waals surface area contributed by atoms with E-state index < -0.39 is 0 Å². The molecule has 0 nitrogen and oxygen atoms in total. The Kier molecular flexibility index (Phi) is 81.5. The van der Waals surface area contributed by atoms with Crippen LogP contribution in [0.4, 0.5) is 0 Å². The van der Waals surface area contributed by atoms with Crippen molar-refractivity contribution in [1.82, 2.24) is 0 Å². The van der Waals surface area contributed by atoms with E-state index >= 15 is 0 Å². The van der Waals surface area contributed by atoms with Gasteiger partial charge in [0.2, 0.25) is 0 Å². The van der Waals surface area contributed by atoms with E-state index in [1.165, 1.54) is 25.7 Å². The molecule has 0 unspecified atom stereocenters. The molecule has 5 heteroatoms. The zero-order valence-electron chi connectivity index (χ0n) is 10.8. The second-order valence-corrected chi connectivity index (χ2v) is 3.88. The van der Waals surface area contributed by atoms with Gasteiger partial charge in [0.05, 0.1) is 0 Å². The summed E-state index contributed by atoms with van der Waals surface area (Å²) in [6.45, 7) is 9.70. The van der Waals surface area contributed by atoms with Gasteiger partial charge in [0.15, 0.2) is 0 Å². The molecule has 0 heterocycles. The van der Waals surface area contributed by atoms with Crippen LogP contribution in [0.15, 0.2) is 5.57 Å². The summed E-state index contributed by atoms with van der Waals surface area (Å²) in [6.07, 6.45) is 10.5. The second-order valence-electron chi connectivity index (χ2n) is 3.07. The molecule has 0 aliphatic carbocycles. The molecule has 0 aliphatic rings. The van der Waals surface area contributed by atoms with Crippen LogP contribution in [0.5, 0.6) is 0 Å². The monoisotopic (exact) mass is 432 g/mol. The zero-order valence-corrected chi connectivity index (χ0v) is 17.1. The van der Waals surface area contributed by atoms with Crippen LogP contribution >= 0.6 is 11.8 Å². The molecule has 0 aromatic carbocycles. The van der Waals surface area contributed by atoms with Gasteiger partial charge in [0.25, 0.3) is 0 Å². The molecule has 0 spiro atoms. The van der Waals surface area contributed by atoms with E-state index in [1.54, 1.807) is 11.8 Å². The Bertz CT molecular complexity index is 106. The Morgan fingerprint density at radius 1 is 1.06 bits per heavy atom. The van der Waals surface area contributed by atoms with Crippen LogP contribution in [-0.2, 0) is 17.1 Å². The van der Waals surface area contributed by atoms with Gasteiger partial charge in [-0.2, -0.15) is 11.8 Å². The minimum atomic E-state index is 0. The van der Waals surface area contributed by atoms with Gasteiger partial charge >= 0.3 is 40.1 Å². The van der Waals surface area contributed by atoms with Crippen molar-refractivity contribution in [3.8, 4) is 0 Å². The Morgan fingerprint density at radius 2 is 1.44 bits per heavy atom.